The Balaban J connectivity index is 0.00000144. The van der Waals surface area contributed by atoms with Gasteiger partial charge in [0.25, 0.3) is 0 Å². The lowest BCUT2D eigenvalue weighted by Gasteiger charge is -2.07. The zero-order valence-electron chi connectivity index (χ0n) is 9.31. The highest BCUT2D eigenvalue weighted by Crippen LogP contribution is 2.14. The van der Waals surface area contributed by atoms with Gasteiger partial charge in [-0.3, -0.25) is 4.79 Å². The molecule has 1 aromatic heterocycles. The number of aliphatic carboxylic acids is 1. The quantitative estimate of drug-likeness (QED) is 0.892. The molecule has 1 unspecified atom stereocenters. The molecule has 0 aliphatic heterocycles. The number of nitrogens with zero attached hydrogens (tertiary/aromatic N) is 2. The standard InChI is InChI=1S/C11H11N3O2.2ClH/c12-8(11(15)16)5-10-7-3-1-2-4-9(7)13-6-14-10;;/h1-4,6,8H,5,12H2,(H,15,16);2*1H. The highest BCUT2D eigenvalue weighted by Gasteiger charge is 2.14. The van der Waals surface area contributed by atoms with Crippen molar-refractivity contribution in [3.63, 3.8) is 0 Å². The molecule has 0 saturated heterocycles. The van der Waals surface area contributed by atoms with Gasteiger partial charge >= 0.3 is 5.97 Å². The Morgan fingerprint density at radius 2 is 1.94 bits per heavy atom. The van der Waals surface area contributed by atoms with Crippen LogP contribution in [0.15, 0.2) is 30.6 Å². The van der Waals surface area contributed by atoms with Crippen molar-refractivity contribution in [1.82, 2.24) is 9.97 Å². The summed E-state index contributed by atoms with van der Waals surface area (Å²) < 4.78 is 0. The van der Waals surface area contributed by atoms with Crippen LogP contribution >= 0.6 is 24.8 Å². The molecule has 5 nitrogen and oxygen atoms in total. The summed E-state index contributed by atoms with van der Waals surface area (Å²) in [4.78, 5) is 18.8. The number of hydrogen-bond acceptors (Lipinski definition) is 4. The van der Waals surface area contributed by atoms with Gasteiger partial charge in [-0.25, -0.2) is 9.97 Å². The molecule has 0 aliphatic carbocycles. The average molecular weight is 290 g/mol. The van der Waals surface area contributed by atoms with Crippen LogP contribution in [0.2, 0.25) is 0 Å². The highest BCUT2D eigenvalue weighted by molar-refractivity contribution is 5.85. The normalized spacial score (nSPS) is 11.2. The Kier molecular flexibility index (Phi) is 6.54. The van der Waals surface area contributed by atoms with E-state index >= 15 is 0 Å². The van der Waals surface area contributed by atoms with Crippen molar-refractivity contribution in [2.75, 3.05) is 0 Å². The van der Waals surface area contributed by atoms with E-state index in [2.05, 4.69) is 9.97 Å². The molecule has 98 valence electrons. The van der Waals surface area contributed by atoms with Crippen LogP contribution in [0, 0.1) is 0 Å². The minimum absolute atomic E-state index is 0. The number of halogens is 2. The monoisotopic (exact) mass is 289 g/mol. The topological polar surface area (TPSA) is 89.1 Å². The number of carbonyl (C=O) groups is 1. The number of aromatic nitrogens is 2. The van der Waals surface area contributed by atoms with Crippen LogP contribution in [0.3, 0.4) is 0 Å². The van der Waals surface area contributed by atoms with Gasteiger partial charge in [0.05, 0.1) is 11.2 Å². The van der Waals surface area contributed by atoms with Crippen molar-refractivity contribution in [2.24, 2.45) is 5.73 Å². The Labute approximate surface area is 116 Å². The maximum atomic E-state index is 10.7. The van der Waals surface area contributed by atoms with Crippen molar-refractivity contribution in [1.29, 1.82) is 0 Å². The van der Waals surface area contributed by atoms with E-state index in [-0.39, 0.29) is 31.2 Å². The van der Waals surface area contributed by atoms with Gasteiger partial charge in [-0.15, -0.1) is 24.8 Å². The lowest BCUT2D eigenvalue weighted by molar-refractivity contribution is -0.138. The average Bonchev–Trinajstić information content (AvgIpc) is 2.29. The Morgan fingerprint density at radius 3 is 2.61 bits per heavy atom. The third-order valence-corrected chi connectivity index (χ3v) is 2.36. The summed E-state index contributed by atoms with van der Waals surface area (Å²) in [5.74, 6) is -1.03. The van der Waals surface area contributed by atoms with Gasteiger partial charge in [0.2, 0.25) is 0 Å². The summed E-state index contributed by atoms with van der Waals surface area (Å²) in [6, 6.07) is 6.52. The molecule has 2 aromatic rings. The Morgan fingerprint density at radius 1 is 1.28 bits per heavy atom. The lowest BCUT2D eigenvalue weighted by atomic mass is 10.1. The summed E-state index contributed by atoms with van der Waals surface area (Å²) in [5.41, 5.74) is 6.94. The van der Waals surface area contributed by atoms with Gasteiger partial charge in [-0.1, -0.05) is 18.2 Å². The fraction of sp³-hybridized carbons (Fsp3) is 0.182. The van der Waals surface area contributed by atoms with Gasteiger partial charge in [0, 0.05) is 11.8 Å². The van der Waals surface area contributed by atoms with Gasteiger partial charge in [0.15, 0.2) is 0 Å². The lowest BCUT2D eigenvalue weighted by Crippen LogP contribution is -2.32. The van der Waals surface area contributed by atoms with Crippen molar-refractivity contribution in [3.05, 3.63) is 36.3 Å². The van der Waals surface area contributed by atoms with Gasteiger partial charge in [-0.05, 0) is 6.07 Å². The fourth-order valence-corrected chi connectivity index (χ4v) is 1.52. The molecule has 18 heavy (non-hydrogen) atoms. The molecule has 3 N–H and O–H groups in total. The summed E-state index contributed by atoms with van der Waals surface area (Å²) in [6.07, 6.45) is 1.63. The molecular weight excluding hydrogens is 277 g/mol. The maximum absolute atomic E-state index is 10.7. The molecule has 0 bridgehead atoms. The molecular formula is C11H13Cl2N3O2. The van der Waals surface area contributed by atoms with E-state index in [1.807, 2.05) is 24.3 Å². The second-order valence-corrected chi connectivity index (χ2v) is 3.49. The van der Waals surface area contributed by atoms with Crippen LogP contribution in [-0.4, -0.2) is 27.1 Å². The SMILES string of the molecule is Cl.Cl.NC(Cc1ncnc2ccccc12)C(=O)O. The molecule has 0 amide bonds. The van der Waals surface area contributed by atoms with E-state index in [0.717, 1.165) is 10.9 Å². The molecule has 0 radical (unpaired) electrons. The minimum atomic E-state index is -1.03. The van der Waals surface area contributed by atoms with Crippen molar-refractivity contribution >= 4 is 41.7 Å². The first-order valence-corrected chi connectivity index (χ1v) is 4.85. The number of hydrogen-bond donors (Lipinski definition) is 2. The number of nitrogens with two attached hydrogens (primary N) is 1. The smallest absolute Gasteiger partial charge is 0.320 e. The Bertz CT molecular complexity index is 531. The first kappa shape index (κ1) is 16.6. The minimum Gasteiger partial charge on any atom is -0.480 e. The fourth-order valence-electron chi connectivity index (χ4n) is 1.52. The molecule has 2 rings (SSSR count). The van der Waals surface area contributed by atoms with Crippen LogP contribution in [0.5, 0.6) is 0 Å². The van der Waals surface area contributed by atoms with E-state index in [4.69, 9.17) is 10.8 Å². The largest absolute Gasteiger partial charge is 0.480 e. The zero-order chi connectivity index (χ0) is 11.5. The number of carboxylic acid groups (broad SMARTS) is 1. The maximum Gasteiger partial charge on any atom is 0.320 e. The first-order chi connectivity index (χ1) is 7.68. The van der Waals surface area contributed by atoms with E-state index in [1.54, 1.807) is 0 Å². The van der Waals surface area contributed by atoms with E-state index in [1.165, 1.54) is 6.33 Å². The van der Waals surface area contributed by atoms with Gasteiger partial charge in [-0.2, -0.15) is 0 Å². The predicted molar refractivity (Wildman–Crippen MR) is 73.3 cm³/mol. The van der Waals surface area contributed by atoms with E-state index in [9.17, 15) is 4.79 Å². The molecule has 1 aromatic carbocycles. The Hall–Kier alpha value is -1.43. The molecule has 7 heteroatoms. The number of carboxylic acids is 1. The summed E-state index contributed by atoms with van der Waals surface area (Å²) in [7, 11) is 0. The second kappa shape index (κ2) is 7.10. The molecule has 0 fully saturated rings. The van der Waals surface area contributed by atoms with Crippen molar-refractivity contribution < 1.29 is 9.90 Å². The third kappa shape index (κ3) is 3.53. The summed E-state index contributed by atoms with van der Waals surface area (Å²) >= 11 is 0. The molecule has 0 spiro atoms. The predicted octanol–water partition coefficient (Wildman–Crippen LogP) is 1.43. The molecule has 1 atom stereocenters. The number of rotatable bonds is 3. The summed E-state index contributed by atoms with van der Waals surface area (Å²) in [6.45, 7) is 0. The van der Waals surface area contributed by atoms with Gasteiger partial charge in [0.1, 0.15) is 12.4 Å². The molecule has 0 saturated carbocycles. The molecule has 0 aliphatic rings. The van der Waals surface area contributed by atoms with Crippen LogP contribution in [0.1, 0.15) is 5.69 Å². The van der Waals surface area contributed by atoms with Gasteiger partial charge < -0.3 is 10.8 Å². The van der Waals surface area contributed by atoms with Crippen molar-refractivity contribution in [2.45, 2.75) is 12.5 Å². The van der Waals surface area contributed by atoms with Crippen LogP contribution in [0.4, 0.5) is 0 Å². The van der Waals surface area contributed by atoms with Crippen molar-refractivity contribution in [3.8, 4) is 0 Å². The number of benzene rings is 1. The zero-order valence-corrected chi connectivity index (χ0v) is 10.9. The molecule has 1 heterocycles. The number of para-hydroxylation sites is 1. The summed E-state index contributed by atoms with van der Waals surface area (Å²) in [5, 5.41) is 9.60. The van der Waals surface area contributed by atoms with E-state index < -0.39 is 12.0 Å². The van der Waals surface area contributed by atoms with Crippen LogP contribution in [-0.2, 0) is 11.2 Å². The third-order valence-electron chi connectivity index (χ3n) is 2.36. The van der Waals surface area contributed by atoms with E-state index in [0.29, 0.717) is 5.69 Å². The number of fused-ring (bicyclic) bond motifs is 1. The second-order valence-electron chi connectivity index (χ2n) is 3.49. The highest BCUT2D eigenvalue weighted by atomic mass is 35.5. The van der Waals surface area contributed by atoms with Crippen LogP contribution < -0.4 is 5.73 Å². The first-order valence-electron chi connectivity index (χ1n) is 4.85. The van der Waals surface area contributed by atoms with Crippen LogP contribution in [0.25, 0.3) is 10.9 Å².